The van der Waals surface area contributed by atoms with E-state index in [0.717, 1.165) is 12.8 Å². The van der Waals surface area contributed by atoms with Crippen LogP contribution in [0.1, 0.15) is 18.5 Å². The van der Waals surface area contributed by atoms with Crippen LogP contribution in [-0.4, -0.2) is 40.1 Å². The van der Waals surface area contributed by atoms with Gasteiger partial charge in [-0.1, -0.05) is 5.16 Å². The van der Waals surface area contributed by atoms with Crippen molar-refractivity contribution in [3.05, 3.63) is 18.0 Å². The van der Waals surface area contributed by atoms with Gasteiger partial charge in [-0.05, 0) is 24.7 Å². The minimum atomic E-state index is -0.784. The number of likely N-dealkylation sites (tertiary alicyclic amines) is 1. The maximum Gasteiger partial charge on any atom is 0.308 e. The number of carbonyl (C=O) groups is 2. The Morgan fingerprint density at radius 1 is 1.42 bits per heavy atom. The highest BCUT2D eigenvalue weighted by Gasteiger charge is 2.46. The third-order valence-corrected chi connectivity index (χ3v) is 4.09. The van der Waals surface area contributed by atoms with Crippen LogP contribution in [0.3, 0.4) is 0 Å². The third-order valence-electron chi connectivity index (χ3n) is 4.09. The molecule has 0 radical (unpaired) electrons. The molecule has 2 fully saturated rings. The fourth-order valence-corrected chi connectivity index (χ4v) is 2.89. The first-order valence-corrected chi connectivity index (χ1v) is 6.55. The van der Waals surface area contributed by atoms with Gasteiger partial charge in [-0.2, -0.15) is 0 Å². The predicted molar refractivity (Wildman–Crippen MR) is 64.1 cm³/mol. The van der Waals surface area contributed by atoms with Gasteiger partial charge in [0.1, 0.15) is 6.26 Å². The highest BCUT2D eigenvalue weighted by Crippen LogP contribution is 2.44. The monoisotopic (exact) mass is 264 g/mol. The van der Waals surface area contributed by atoms with Crippen LogP contribution in [0.25, 0.3) is 0 Å². The van der Waals surface area contributed by atoms with Crippen LogP contribution >= 0.6 is 0 Å². The average molecular weight is 264 g/mol. The molecule has 0 aromatic carbocycles. The van der Waals surface area contributed by atoms with Crippen LogP contribution in [0, 0.1) is 17.8 Å². The summed E-state index contributed by atoms with van der Waals surface area (Å²) in [5.74, 6) is -0.643. The Morgan fingerprint density at radius 3 is 2.79 bits per heavy atom. The second-order valence-corrected chi connectivity index (χ2v) is 5.41. The van der Waals surface area contributed by atoms with Gasteiger partial charge in [-0.25, -0.2) is 0 Å². The Balaban J connectivity index is 1.65. The molecule has 19 heavy (non-hydrogen) atoms. The molecule has 1 N–H and O–H groups in total. The number of carbonyl (C=O) groups excluding carboxylic acids is 1. The van der Waals surface area contributed by atoms with Gasteiger partial charge in [0.05, 0.1) is 18.0 Å². The Bertz CT molecular complexity index is 481. The molecule has 0 spiro atoms. The Morgan fingerprint density at radius 2 is 2.21 bits per heavy atom. The van der Waals surface area contributed by atoms with Crippen molar-refractivity contribution in [3.8, 4) is 0 Å². The molecule has 1 amide bonds. The van der Waals surface area contributed by atoms with E-state index in [-0.39, 0.29) is 18.2 Å². The van der Waals surface area contributed by atoms with E-state index in [1.165, 1.54) is 6.26 Å². The van der Waals surface area contributed by atoms with Gasteiger partial charge >= 0.3 is 5.97 Å². The van der Waals surface area contributed by atoms with E-state index in [4.69, 9.17) is 4.52 Å². The largest absolute Gasteiger partial charge is 0.481 e. The van der Waals surface area contributed by atoms with E-state index in [1.807, 2.05) is 0 Å². The molecule has 6 heteroatoms. The fourth-order valence-electron chi connectivity index (χ4n) is 2.89. The maximum atomic E-state index is 12.1. The number of carboxylic acids is 1. The summed E-state index contributed by atoms with van der Waals surface area (Å²) < 4.78 is 4.69. The zero-order chi connectivity index (χ0) is 13.4. The second-order valence-electron chi connectivity index (χ2n) is 5.41. The molecule has 1 saturated heterocycles. The van der Waals surface area contributed by atoms with Crippen molar-refractivity contribution in [1.29, 1.82) is 0 Å². The number of rotatable bonds is 4. The standard InChI is InChI=1S/C13H16N2O4/c16-12(5-9-3-4-19-14-9)15-6-10(8-1-2-8)11(7-15)13(17)18/h3-4,8,10-11H,1-2,5-7H2,(H,17,18)/t10-,11+/m1/s1. The Hall–Kier alpha value is -1.85. The number of hydrogen-bond donors (Lipinski definition) is 1. The number of aromatic nitrogens is 1. The van der Waals surface area contributed by atoms with Crippen molar-refractivity contribution in [1.82, 2.24) is 10.1 Å². The molecule has 1 saturated carbocycles. The first-order valence-electron chi connectivity index (χ1n) is 6.55. The topological polar surface area (TPSA) is 83.6 Å². The van der Waals surface area contributed by atoms with Crippen molar-refractivity contribution in [3.63, 3.8) is 0 Å². The lowest BCUT2D eigenvalue weighted by molar-refractivity contribution is -0.142. The van der Waals surface area contributed by atoms with Crippen LogP contribution < -0.4 is 0 Å². The van der Waals surface area contributed by atoms with E-state index < -0.39 is 11.9 Å². The Kier molecular flexibility index (Phi) is 3.00. The third kappa shape index (κ3) is 2.47. The molecule has 6 nitrogen and oxygen atoms in total. The normalized spacial score (nSPS) is 26.6. The predicted octanol–water partition coefficient (Wildman–Crippen LogP) is 0.786. The summed E-state index contributed by atoms with van der Waals surface area (Å²) >= 11 is 0. The fraction of sp³-hybridized carbons (Fsp3) is 0.615. The van der Waals surface area contributed by atoms with E-state index in [2.05, 4.69) is 5.16 Å². The maximum absolute atomic E-state index is 12.1. The number of carboxylic acid groups (broad SMARTS) is 1. The summed E-state index contributed by atoms with van der Waals surface area (Å²) in [7, 11) is 0. The van der Waals surface area contributed by atoms with E-state index in [9.17, 15) is 14.7 Å². The van der Waals surface area contributed by atoms with Crippen molar-refractivity contribution >= 4 is 11.9 Å². The quantitative estimate of drug-likeness (QED) is 0.869. The summed E-state index contributed by atoms with van der Waals surface area (Å²) in [4.78, 5) is 25.0. The van der Waals surface area contributed by atoms with E-state index >= 15 is 0 Å². The molecule has 1 aromatic rings. The van der Waals surface area contributed by atoms with Crippen LogP contribution in [0.2, 0.25) is 0 Å². The van der Waals surface area contributed by atoms with Crippen molar-refractivity contribution < 1.29 is 19.2 Å². The highest BCUT2D eigenvalue weighted by molar-refractivity contribution is 5.80. The minimum absolute atomic E-state index is 0.0664. The minimum Gasteiger partial charge on any atom is -0.481 e. The molecule has 1 aliphatic heterocycles. The lowest BCUT2D eigenvalue weighted by atomic mass is 9.92. The van der Waals surface area contributed by atoms with Gasteiger partial charge in [-0.3, -0.25) is 9.59 Å². The van der Waals surface area contributed by atoms with Gasteiger partial charge in [0.2, 0.25) is 5.91 Å². The van der Waals surface area contributed by atoms with Crippen molar-refractivity contribution in [2.24, 2.45) is 17.8 Å². The van der Waals surface area contributed by atoms with Crippen LogP contribution in [0.5, 0.6) is 0 Å². The molecule has 1 aromatic heterocycles. The van der Waals surface area contributed by atoms with Crippen LogP contribution in [-0.2, 0) is 16.0 Å². The van der Waals surface area contributed by atoms with Gasteiger partial charge in [-0.15, -0.1) is 0 Å². The molecular formula is C13H16N2O4. The van der Waals surface area contributed by atoms with Crippen molar-refractivity contribution in [2.45, 2.75) is 19.3 Å². The SMILES string of the molecule is O=C(O)[C@H]1CN(C(=O)Cc2ccon2)C[C@@H]1C1CC1. The van der Waals surface area contributed by atoms with Gasteiger partial charge in [0.15, 0.2) is 0 Å². The zero-order valence-corrected chi connectivity index (χ0v) is 10.5. The van der Waals surface area contributed by atoms with Crippen LogP contribution in [0.15, 0.2) is 16.9 Å². The number of amides is 1. The van der Waals surface area contributed by atoms with E-state index in [0.29, 0.717) is 24.7 Å². The summed E-state index contributed by atoms with van der Waals surface area (Å²) in [6.45, 7) is 0.894. The lowest BCUT2D eigenvalue weighted by Gasteiger charge is -2.15. The molecule has 2 aliphatic rings. The summed E-state index contributed by atoms with van der Waals surface area (Å²) in [5.41, 5.74) is 0.590. The number of nitrogens with zero attached hydrogens (tertiary/aromatic N) is 2. The van der Waals surface area contributed by atoms with Gasteiger partial charge in [0, 0.05) is 19.2 Å². The summed E-state index contributed by atoms with van der Waals surface area (Å²) in [5, 5.41) is 13.0. The first kappa shape index (κ1) is 12.2. The lowest BCUT2D eigenvalue weighted by Crippen LogP contribution is -2.31. The van der Waals surface area contributed by atoms with Gasteiger partial charge < -0.3 is 14.5 Å². The molecule has 2 atom stereocenters. The number of hydrogen-bond acceptors (Lipinski definition) is 4. The molecule has 0 bridgehead atoms. The second kappa shape index (κ2) is 4.68. The molecule has 0 unspecified atom stereocenters. The zero-order valence-electron chi connectivity index (χ0n) is 10.5. The summed E-state index contributed by atoms with van der Waals surface area (Å²) in [6, 6.07) is 1.65. The van der Waals surface area contributed by atoms with Crippen LogP contribution in [0.4, 0.5) is 0 Å². The molecule has 102 valence electrons. The molecule has 3 rings (SSSR count). The number of aliphatic carboxylic acids is 1. The molecule has 1 aliphatic carbocycles. The van der Waals surface area contributed by atoms with E-state index in [1.54, 1.807) is 11.0 Å². The first-order chi connectivity index (χ1) is 9.15. The average Bonchev–Trinajstić information content (AvgIpc) is 2.92. The summed E-state index contributed by atoms with van der Waals surface area (Å²) in [6.07, 6.45) is 3.80. The van der Waals surface area contributed by atoms with Gasteiger partial charge in [0.25, 0.3) is 0 Å². The smallest absolute Gasteiger partial charge is 0.308 e. The highest BCUT2D eigenvalue weighted by atomic mass is 16.5. The van der Waals surface area contributed by atoms with Crippen molar-refractivity contribution in [2.75, 3.05) is 13.1 Å². The molecule has 2 heterocycles. The molecular weight excluding hydrogens is 248 g/mol. The Labute approximate surface area is 110 Å².